The standard InChI is InChI=1S/C44H44N4O.Pt/c1-27-19-28(2)30(4)42(29(27)3)31-25-46-47(26-31)34-20-33(44(8,9)10)21-36(23-34)49-35-15-16-38-37-13-11-12-14-39(37)48(40(38)24-35)41-22-32(17-18-45-41)43(5,6)7;/h11-22,25-26H,1-10H3;/q-2;+2. The van der Waals surface area contributed by atoms with Crippen molar-refractivity contribution in [3.05, 3.63) is 131 Å². The van der Waals surface area contributed by atoms with Crippen molar-refractivity contribution < 1.29 is 25.8 Å². The molecule has 0 bridgehead atoms. The van der Waals surface area contributed by atoms with Gasteiger partial charge in [-0.25, -0.2) is 4.98 Å². The Morgan fingerprint density at radius 3 is 2.10 bits per heavy atom. The summed E-state index contributed by atoms with van der Waals surface area (Å²) in [5, 5.41) is 7.07. The first-order valence-corrected chi connectivity index (χ1v) is 17.0. The van der Waals surface area contributed by atoms with Gasteiger partial charge in [0.05, 0.1) is 6.20 Å². The molecule has 0 N–H and O–H groups in total. The first-order chi connectivity index (χ1) is 23.2. The Balaban J connectivity index is 0.00000432. The van der Waals surface area contributed by atoms with E-state index in [2.05, 4.69) is 153 Å². The summed E-state index contributed by atoms with van der Waals surface area (Å²) in [5.41, 5.74) is 12.5. The molecule has 0 unspecified atom stereocenters. The van der Waals surface area contributed by atoms with Crippen LogP contribution in [0, 0.1) is 39.8 Å². The fraction of sp³-hybridized carbons (Fsp3) is 0.273. The van der Waals surface area contributed by atoms with Crippen LogP contribution in [0.3, 0.4) is 0 Å². The van der Waals surface area contributed by atoms with Crippen molar-refractivity contribution >= 4 is 21.8 Å². The summed E-state index contributed by atoms with van der Waals surface area (Å²) in [4.78, 5) is 4.82. The molecule has 7 aromatic rings. The molecular weight excluding hydrogens is 796 g/mol. The minimum absolute atomic E-state index is 0. The number of pyridine rings is 1. The van der Waals surface area contributed by atoms with Crippen LogP contribution in [0.15, 0.2) is 85.3 Å². The summed E-state index contributed by atoms with van der Waals surface area (Å²) in [6.07, 6.45) is 5.95. The van der Waals surface area contributed by atoms with Crippen LogP contribution >= 0.6 is 0 Å². The van der Waals surface area contributed by atoms with Gasteiger partial charge in [0.2, 0.25) is 0 Å². The zero-order chi connectivity index (χ0) is 34.8. The summed E-state index contributed by atoms with van der Waals surface area (Å²) in [7, 11) is 0. The number of para-hydroxylation sites is 1. The molecule has 3 heterocycles. The minimum Gasteiger partial charge on any atom is -0.509 e. The van der Waals surface area contributed by atoms with Gasteiger partial charge in [-0.05, 0) is 101 Å². The summed E-state index contributed by atoms with van der Waals surface area (Å²) in [6.45, 7) is 22.0. The van der Waals surface area contributed by atoms with Crippen LogP contribution in [0.2, 0.25) is 0 Å². The van der Waals surface area contributed by atoms with E-state index in [0.717, 1.165) is 44.4 Å². The molecule has 0 aliphatic heterocycles. The van der Waals surface area contributed by atoms with E-state index in [1.165, 1.54) is 33.4 Å². The summed E-state index contributed by atoms with van der Waals surface area (Å²) in [6, 6.07) is 30.5. The van der Waals surface area contributed by atoms with Crippen LogP contribution in [-0.2, 0) is 31.9 Å². The van der Waals surface area contributed by atoms with Crippen LogP contribution in [0.5, 0.6) is 11.5 Å². The number of aryl methyl sites for hydroxylation is 2. The first kappa shape index (κ1) is 35.4. The van der Waals surface area contributed by atoms with Crippen LogP contribution in [0.4, 0.5) is 0 Å². The number of hydrogen-bond acceptors (Lipinski definition) is 3. The zero-order valence-corrected chi connectivity index (χ0v) is 32.9. The Hall–Kier alpha value is -4.47. The van der Waals surface area contributed by atoms with Crippen molar-refractivity contribution in [3.63, 3.8) is 0 Å². The number of fused-ring (bicyclic) bond motifs is 3. The average molecular weight is 840 g/mol. The van der Waals surface area contributed by atoms with Crippen molar-refractivity contribution in [1.29, 1.82) is 0 Å². The van der Waals surface area contributed by atoms with Gasteiger partial charge in [-0.3, -0.25) is 4.68 Å². The number of nitrogens with zero attached hydrogens (tertiary/aromatic N) is 4. The van der Waals surface area contributed by atoms with Crippen molar-refractivity contribution in [3.8, 4) is 34.1 Å². The van der Waals surface area contributed by atoms with E-state index < -0.39 is 0 Å². The predicted octanol–water partition coefficient (Wildman–Crippen LogP) is 11.3. The molecule has 5 nitrogen and oxygen atoms in total. The van der Waals surface area contributed by atoms with E-state index in [1.807, 2.05) is 23.1 Å². The molecule has 0 aliphatic carbocycles. The molecule has 0 fully saturated rings. The van der Waals surface area contributed by atoms with E-state index in [4.69, 9.17) is 14.8 Å². The van der Waals surface area contributed by atoms with E-state index >= 15 is 0 Å². The second-order valence-corrected chi connectivity index (χ2v) is 15.4. The van der Waals surface area contributed by atoms with Gasteiger partial charge in [0.1, 0.15) is 5.82 Å². The van der Waals surface area contributed by atoms with Crippen molar-refractivity contribution in [2.45, 2.75) is 80.1 Å². The maximum Gasteiger partial charge on any atom is 2.00 e. The van der Waals surface area contributed by atoms with Crippen LogP contribution in [-0.4, -0.2) is 19.3 Å². The topological polar surface area (TPSA) is 44.9 Å². The summed E-state index contributed by atoms with van der Waals surface area (Å²) >= 11 is 0. The molecule has 0 saturated heterocycles. The third-order valence-corrected chi connectivity index (χ3v) is 9.80. The molecule has 0 spiro atoms. The monoisotopic (exact) mass is 839 g/mol. The fourth-order valence-corrected chi connectivity index (χ4v) is 6.67. The van der Waals surface area contributed by atoms with Crippen LogP contribution in [0.25, 0.3) is 44.4 Å². The zero-order valence-electron chi connectivity index (χ0n) is 30.6. The van der Waals surface area contributed by atoms with Gasteiger partial charge >= 0.3 is 21.1 Å². The Labute approximate surface area is 310 Å². The molecule has 0 saturated carbocycles. The van der Waals surface area contributed by atoms with Crippen LogP contribution < -0.4 is 4.74 Å². The van der Waals surface area contributed by atoms with Gasteiger partial charge in [-0.2, -0.15) is 11.2 Å². The van der Waals surface area contributed by atoms with Crippen molar-refractivity contribution in [2.24, 2.45) is 0 Å². The molecule has 0 amide bonds. The van der Waals surface area contributed by atoms with Gasteiger partial charge in [-0.15, -0.1) is 41.3 Å². The number of rotatable bonds is 5. The Kier molecular flexibility index (Phi) is 9.20. The minimum atomic E-state index is -0.122. The number of aromatic nitrogens is 4. The van der Waals surface area contributed by atoms with Gasteiger partial charge in [-0.1, -0.05) is 71.3 Å². The molecule has 3 aromatic heterocycles. The first-order valence-electron chi connectivity index (χ1n) is 17.0. The molecule has 0 aliphatic rings. The van der Waals surface area contributed by atoms with E-state index in [0.29, 0.717) is 11.5 Å². The predicted molar refractivity (Wildman–Crippen MR) is 202 cm³/mol. The third kappa shape index (κ3) is 6.44. The summed E-state index contributed by atoms with van der Waals surface area (Å²) in [5.74, 6) is 2.09. The second kappa shape index (κ2) is 13.0. The van der Waals surface area contributed by atoms with Gasteiger partial charge < -0.3 is 9.30 Å². The Morgan fingerprint density at radius 1 is 0.700 bits per heavy atom. The molecule has 6 heteroatoms. The largest absolute Gasteiger partial charge is 2.00 e. The average Bonchev–Trinajstić information content (AvgIpc) is 3.66. The molecule has 4 aromatic carbocycles. The molecule has 50 heavy (non-hydrogen) atoms. The summed E-state index contributed by atoms with van der Waals surface area (Å²) < 4.78 is 10.7. The Morgan fingerprint density at radius 2 is 1.40 bits per heavy atom. The normalized spacial score (nSPS) is 12.0. The van der Waals surface area contributed by atoms with E-state index in [9.17, 15) is 0 Å². The van der Waals surface area contributed by atoms with Crippen molar-refractivity contribution in [1.82, 2.24) is 19.3 Å². The quantitative estimate of drug-likeness (QED) is 0.162. The fourth-order valence-electron chi connectivity index (χ4n) is 6.67. The number of benzene rings is 4. The molecule has 7 rings (SSSR count). The second-order valence-electron chi connectivity index (χ2n) is 15.4. The number of ether oxygens (including phenoxy) is 1. The smallest absolute Gasteiger partial charge is 0.509 e. The van der Waals surface area contributed by atoms with Crippen LogP contribution in [0.1, 0.15) is 74.9 Å². The molecular formula is C44H44N4OPt. The molecule has 0 radical (unpaired) electrons. The SMILES string of the molecule is Cc1cc(C)c(C)c(-c2cnn(-c3[c-]c(Oc4[c-]c5c(cc4)c4ccccc4n5-c4cc(C(C)(C)C)ccn4)cc(C(C)(C)C)c3)c2)c1C.[Pt+2]. The molecule has 256 valence electrons. The van der Waals surface area contributed by atoms with Gasteiger partial charge in [0, 0.05) is 35.0 Å². The van der Waals surface area contributed by atoms with E-state index in [-0.39, 0.29) is 31.9 Å². The maximum atomic E-state index is 6.62. The third-order valence-electron chi connectivity index (χ3n) is 9.80. The molecule has 0 atom stereocenters. The van der Waals surface area contributed by atoms with E-state index in [1.54, 1.807) is 0 Å². The number of hydrogen-bond donors (Lipinski definition) is 0. The van der Waals surface area contributed by atoms with Gasteiger partial charge in [0.15, 0.2) is 0 Å². The Bertz CT molecular complexity index is 2360. The van der Waals surface area contributed by atoms with Gasteiger partial charge in [0.25, 0.3) is 0 Å². The maximum absolute atomic E-state index is 6.62. The van der Waals surface area contributed by atoms with Crippen molar-refractivity contribution in [2.75, 3.05) is 0 Å².